The van der Waals surface area contributed by atoms with E-state index in [0.29, 0.717) is 21.6 Å². The van der Waals surface area contributed by atoms with Crippen molar-refractivity contribution in [2.75, 3.05) is 0 Å². The lowest BCUT2D eigenvalue weighted by Crippen LogP contribution is -2.29. The number of carbonyl (C=O) groups is 1. The van der Waals surface area contributed by atoms with E-state index in [4.69, 9.17) is 11.6 Å². The van der Waals surface area contributed by atoms with Crippen LogP contribution in [0.3, 0.4) is 0 Å². The van der Waals surface area contributed by atoms with Gasteiger partial charge in [-0.15, -0.1) is 0 Å². The summed E-state index contributed by atoms with van der Waals surface area (Å²) in [6, 6.07) is 18.5. The maximum Gasteiger partial charge on any atom is 0.251 e. The van der Waals surface area contributed by atoms with E-state index in [9.17, 15) is 9.59 Å². The molecule has 144 valence electrons. The fourth-order valence-corrected chi connectivity index (χ4v) is 3.75. The molecule has 0 saturated heterocycles. The van der Waals surface area contributed by atoms with Gasteiger partial charge in [-0.05, 0) is 30.2 Å². The number of H-pyrrole nitrogens is 1. The van der Waals surface area contributed by atoms with E-state index >= 15 is 0 Å². The van der Waals surface area contributed by atoms with Gasteiger partial charge in [0.2, 0.25) is 5.91 Å². The van der Waals surface area contributed by atoms with Crippen LogP contribution in [0.25, 0.3) is 0 Å². The molecule has 0 bridgehead atoms. The minimum Gasteiger partial charge on any atom is -0.349 e. The molecule has 1 atom stereocenters. The van der Waals surface area contributed by atoms with Crippen molar-refractivity contribution in [3.05, 3.63) is 92.9 Å². The fourth-order valence-electron chi connectivity index (χ4n) is 2.70. The fraction of sp³-hybridized carbons (Fsp3) is 0.190. The summed E-state index contributed by atoms with van der Waals surface area (Å²) in [5.74, 6) is 0.435. The number of nitrogens with zero attached hydrogens (tertiary/aromatic N) is 1. The smallest absolute Gasteiger partial charge is 0.251 e. The molecule has 0 radical (unpaired) electrons. The Bertz CT molecular complexity index is 1010. The van der Waals surface area contributed by atoms with Gasteiger partial charge < -0.3 is 10.3 Å². The molecule has 0 aliphatic heterocycles. The number of rotatable bonds is 7. The number of benzene rings is 2. The van der Waals surface area contributed by atoms with Crippen LogP contribution in [0.2, 0.25) is 5.02 Å². The molecule has 0 aliphatic rings. The van der Waals surface area contributed by atoms with Gasteiger partial charge in [0.25, 0.3) is 5.56 Å². The summed E-state index contributed by atoms with van der Waals surface area (Å²) in [6.45, 7) is 1.92. The lowest BCUT2D eigenvalue weighted by atomic mass is 10.1. The first-order valence-electron chi connectivity index (χ1n) is 8.81. The number of amides is 1. The zero-order valence-electron chi connectivity index (χ0n) is 15.3. The van der Waals surface area contributed by atoms with Crippen molar-refractivity contribution in [1.29, 1.82) is 0 Å². The third kappa shape index (κ3) is 5.97. The molecule has 1 aromatic heterocycles. The van der Waals surface area contributed by atoms with Crippen LogP contribution < -0.4 is 10.9 Å². The molecule has 1 amide bonds. The van der Waals surface area contributed by atoms with Crippen molar-refractivity contribution >= 4 is 29.3 Å². The van der Waals surface area contributed by atoms with E-state index < -0.39 is 0 Å². The Labute approximate surface area is 172 Å². The van der Waals surface area contributed by atoms with Crippen molar-refractivity contribution in [2.45, 2.75) is 30.3 Å². The Balaban J connectivity index is 1.62. The highest BCUT2D eigenvalue weighted by Crippen LogP contribution is 2.20. The van der Waals surface area contributed by atoms with Crippen LogP contribution in [0.4, 0.5) is 0 Å². The number of halogens is 1. The van der Waals surface area contributed by atoms with Gasteiger partial charge in [0.05, 0.1) is 18.2 Å². The monoisotopic (exact) mass is 413 g/mol. The highest BCUT2D eigenvalue weighted by molar-refractivity contribution is 7.98. The maximum absolute atomic E-state index is 12.4. The van der Waals surface area contributed by atoms with Gasteiger partial charge in [0.1, 0.15) is 0 Å². The molecular formula is C21H20ClN3O2S. The molecule has 3 rings (SSSR count). The van der Waals surface area contributed by atoms with Crippen molar-refractivity contribution in [2.24, 2.45) is 0 Å². The summed E-state index contributed by atoms with van der Waals surface area (Å²) in [6.07, 6.45) is 0.0474. The normalized spacial score (nSPS) is 11.8. The van der Waals surface area contributed by atoms with Crippen LogP contribution in [-0.2, 0) is 17.0 Å². The van der Waals surface area contributed by atoms with Crippen LogP contribution >= 0.6 is 23.4 Å². The van der Waals surface area contributed by atoms with Crippen LogP contribution in [0, 0.1) is 0 Å². The number of aromatic nitrogens is 2. The zero-order chi connectivity index (χ0) is 19.9. The van der Waals surface area contributed by atoms with Gasteiger partial charge in [-0.2, -0.15) is 0 Å². The van der Waals surface area contributed by atoms with Crippen LogP contribution in [0.5, 0.6) is 0 Å². The summed E-state index contributed by atoms with van der Waals surface area (Å²) in [4.78, 5) is 31.4. The Kier molecular flexibility index (Phi) is 6.90. The Morgan fingerprint density at radius 1 is 1.18 bits per heavy atom. The third-order valence-electron chi connectivity index (χ3n) is 4.06. The molecule has 28 heavy (non-hydrogen) atoms. The number of hydrogen-bond donors (Lipinski definition) is 2. The molecule has 3 aromatic rings. The third-order valence-corrected chi connectivity index (χ3v) is 5.24. The first kappa shape index (κ1) is 20.2. The summed E-state index contributed by atoms with van der Waals surface area (Å²) in [7, 11) is 0. The minimum atomic E-state index is -0.275. The molecule has 1 heterocycles. The van der Waals surface area contributed by atoms with Gasteiger partial charge in [-0.3, -0.25) is 9.59 Å². The number of carbonyl (C=O) groups excluding carboxylic acids is 1. The second-order valence-corrected chi connectivity index (χ2v) is 7.74. The number of nitrogens with one attached hydrogen (secondary N) is 2. The van der Waals surface area contributed by atoms with Gasteiger partial charge >= 0.3 is 0 Å². The highest BCUT2D eigenvalue weighted by atomic mass is 35.5. The Morgan fingerprint density at radius 2 is 1.96 bits per heavy atom. The van der Waals surface area contributed by atoms with Crippen LogP contribution in [0.1, 0.15) is 29.8 Å². The maximum atomic E-state index is 12.4. The molecule has 0 unspecified atom stereocenters. The van der Waals surface area contributed by atoms with Crippen molar-refractivity contribution in [3.63, 3.8) is 0 Å². The van der Waals surface area contributed by atoms with E-state index in [2.05, 4.69) is 15.3 Å². The SMILES string of the molecule is C[C@@H](NC(=O)Cc1cc(=O)[nH]c(SCc2cccc(Cl)c2)n1)c1ccccc1. The first-order valence-corrected chi connectivity index (χ1v) is 10.2. The highest BCUT2D eigenvalue weighted by Gasteiger charge is 2.12. The molecule has 2 N–H and O–H groups in total. The zero-order valence-corrected chi connectivity index (χ0v) is 16.9. The summed E-state index contributed by atoms with van der Waals surface area (Å²) in [5.41, 5.74) is 2.21. The molecule has 0 aliphatic carbocycles. The van der Waals surface area contributed by atoms with E-state index in [-0.39, 0.29) is 23.9 Å². The molecule has 5 nitrogen and oxygen atoms in total. The summed E-state index contributed by atoms with van der Waals surface area (Å²) in [5, 5.41) is 4.08. The largest absolute Gasteiger partial charge is 0.349 e. The van der Waals surface area contributed by atoms with Crippen molar-refractivity contribution in [1.82, 2.24) is 15.3 Å². The van der Waals surface area contributed by atoms with Gasteiger partial charge in [0.15, 0.2) is 5.16 Å². The Hall–Kier alpha value is -2.57. The van der Waals surface area contributed by atoms with Crippen LogP contribution in [-0.4, -0.2) is 15.9 Å². The summed E-state index contributed by atoms with van der Waals surface area (Å²) < 4.78 is 0. The summed E-state index contributed by atoms with van der Waals surface area (Å²) >= 11 is 7.38. The number of aromatic amines is 1. The van der Waals surface area contributed by atoms with E-state index in [1.54, 1.807) is 0 Å². The standard InChI is InChI=1S/C21H20ClN3O2S/c1-14(16-7-3-2-4-8-16)23-19(26)11-18-12-20(27)25-21(24-18)28-13-15-6-5-9-17(22)10-15/h2-10,12,14H,11,13H2,1H3,(H,23,26)(H,24,25,27)/t14-/m1/s1. The van der Waals surface area contributed by atoms with Crippen LogP contribution in [0.15, 0.2) is 70.6 Å². The number of thioether (sulfide) groups is 1. The topological polar surface area (TPSA) is 74.8 Å². The first-order chi connectivity index (χ1) is 13.5. The lowest BCUT2D eigenvalue weighted by molar-refractivity contribution is -0.121. The minimum absolute atomic E-state index is 0.0474. The van der Waals surface area contributed by atoms with Crippen molar-refractivity contribution < 1.29 is 4.79 Å². The predicted octanol–water partition coefficient (Wildman–Crippen LogP) is 4.14. The van der Waals surface area contributed by atoms with E-state index in [1.807, 2.05) is 61.5 Å². The number of hydrogen-bond acceptors (Lipinski definition) is 4. The molecular weight excluding hydrogens is 394 g/mol. The molecule has 0 spiro atoms. The average Bonchev–Trinajstić information content (AvgIpc) is 2.66. The Morgan fingerprint density at radius 3 is 2.71 bits per heavy atom. The molecule has 7 heteroatoms. The van der Waals surface area contributed by atoms with Gasteiger partial charge in [-0.25, -0.2) is 4.98 Å². The van der Waals surface area contributed by atoms with E-state index in [0.717, 1.165) is 11.1 Å². The second-order valence-electron chi connectivity index (χ2n) is 6.34. The molecule has 2 aromatic carbocycles. The quantitative estimate of drug-likeness (QED) is 0.451. The van der Waals surface area contributed by atoms with Crippen molar-refractivity contribution in [3.8, 4) is 0 Å². The second kappa shape index (κ2) is 9.57. The molecule has 0 saturated carbocycles. The average molecular weight is 414 g/mol. The molecule has 0 fully saturated rings. The van der Waals surface area contributed by atoms with E-state index in [1.165, 1.54) is 17.8 Å². The van der Waals surface area contributed by atoms with Gasteiger partial charge in [-0.1, -0.05) is 65.8 Å². The predicted molar refractivity (Wildman–Crippen MR) is 113 cm³/mol. The lowest BCUT2D eigenvalue weighted by Gasteiger charge is -2.14. The van der Waals surface area contributed by atoms with Gasteiger partial charge in [0, 0.05) is 16.8 Å².